The van der Waals surface area contributed by atoms with E-state index in [1.165, 1.54) is 24.3 Å². The summed E-state index contributed by atoms with van der Waals surface area (Å²) in [7, 11) is 0. The van der Waals surface area contributed by atoms with Gasteiger partial charge < -0.3 is 4.74 Å². The average molecular weight is 410 g/mol. The molecule has 1 aromatic rings. The van der Waals surface area contributed by atoms with E-state index in [-0.39, 0.29) is 46.7 Å². The quantitative estimate of drug-likeness (QED) is 0.173. The third-order valence-electron chi connectivity index (χ3n) is 6.81. The fourth-order valence-corrected chi connectivity index (χ4v) is 5.35. The molecule has 6 rings (SSSR count). The molecule has 1 saturated heterocycles. The summed E-state index contributed by atoms with van der Waals surface area (Å²) in [5, 5.41) is 10.7. The highest BCUT2D eigenvalue weighted by molar-refractivity contribution is 6.08. The average Bonchev–Trinajstić information content (AvgIpc) is 3.53. The number of ether oxygens (including phenoxy) is 1. The fraction of sp³-hybridized carbons (Fsp3) is 0.429. The van der Waals surface area contributed by atoms with Crippen LogP contribution in [0.1, 0.15) is 16.8 Å². The zero-order chi connectivity index (χ0) is 21.2. The van der Waals surface area contributed by atoms with Gasteiger partial charge in [0.1, 0.15) is 6.54 Å². The summed E-state index contributed by atoms with van der Waals surface area (Å²) >= 11 is 0. The van der Waals surface area contributed by atoms with Gasteiger partial charge in [-0.25, -0.2) is 0 Å². The number of carbonyl (C=O) groups excluding carboxylic acids is 4. The SMILES string of the molecule is O=C(CN1C(=O)C2C3C=CC(C4CC34)C2C1=O)OCC(=O)c1ccc([N+](=O)[O-])cc1. The fourth-order valence-electron chi connectivity index (χ4n) is 5.35. The molecule has 0 N–H and O–H groups in total. The number of esters is 1. The topological polar surface area (TPSA) is 124 Å². The third-order valence-corrected chi connectivity index (χ3v) is 6.81. The minimum absolute atomic E-state index is 0.0752. The van der Waals surface area contributed by atoms with E-state index in [2.05, 4.69) is 12.2 Å². The van der Waals surface area contributed by atoms with Gasteiger partial charge in [-0.05, 0) is 42.2 Å². The van der Waals surface area contributed by atoms with E-state index >= 15 is 0 Å². The maximum atomic E-state index is 12.8. The summed E-state index contributed by atoms with van der Waals surface area (Å²) in [4.78, 5) is 61.0. The molecule has 6 unspecified atom stereocenters. The number of non-ortho nitro benzene ring substituents is 1. The second-order valence-electron chi connectivity index (χ2n) is 8.31. The third kappa shape index (κ3) is 2.76. The van der Waals surface area contributed by atoms with Gasteiger partial charge in [-0.3, -0.25) is 34.2 Å². The number of imide groups is 1. The molecular weight excluding hydrogens is 392 g/mol. The summed E-state index contributed by atoms with van der Waals surface area (Å²) in [6.45, 7) is -1.08. The maximum absolute atomic E-state index is 12.8. The Morgan fingerprint density at radius 3 is 2.13 bits per heavy atom. The number of nitro groups is 1. The lowest BCUT2D eigenvalue weighted by atomic mass is 9.63. The Morgan fingerprint density at radius 1 is 1.03 bits per heavy atom. The van der Waals surface area contributed by atoms with Gasteiger partial charge in [0.2, 0.25) is 11.8 Å². The Kier molecular flexibility index (Phi) is 4.09. The number of nitrogens with zero attached hydrogens (tertiary/aromatic N) is 2. The number of nitro benzene ring substituents is 1. The van der Waals surface area contributed by atoms with E-state index in [1.54, 1.807) is 0 Å². The number of rotatable bonds is 6. The molecule has 1 aromatic carbocycles. The lowest BCUT2D eigenvalue weighted by Crippen LogP contribution is -2.40. The van der Waals surface area contributed by atoms with Crippen LogP contribution in [-0.2, 0) is 19.1 Å². The number of likely N-dealkylation sites (tertiary alicyclic amines) is 1. The molecule has 2 saturated carbocycles. The molecule has 2 bridgehead atoms. The number of ketones is 1. The van der Waals surface area contributed by atoms with Crippen LogP contribution in [-0.4, -0.2) is 46.5 Å². The van der Waals surface area contributed by atoms with Crippen molar-refractivity contribution in [1.82, 2.24) is 4.90 Å². The number of allylic oxidation sites excluding steroid dienone is 2. The molecule has 1 aliphatic heterocycles. The second-order valence-corrected chi connectivity index (χ2v) is 8.31. The van der Waals surface area contributed by atoms with Crippen molar-refractivity contribution in [2.45, 2.75) is 6.42 Å². The van der Waals surface area contributed by atoms with Crippen LogP contribution in [0.25, 0.3) is 0 Å². The molecule has 3 fully saturated rings. The molecule has 0 aromatic heterocycles. The monoisotopic (exact) mass is 410 g/mol. The van der Waals surface area contributed by atoms with Gasteiger partial charge in [0.05, 0.1) is 16.8 Å². The Morgan fingerprint density at radius 2 is 1.60 bits per heavy atom. The number of benzene rings is 1. The second kappa shape index (κ2) is 6.58. The molecule has 0 spiro atoms. The molecule has 2 amide bonds. The largest absolute Gasteiger partial charge is 0.456 e. The highest BCUT2D eigenvalue weighted by Crippen LogP contribution is 2.65. The zero-order valence-electron chi connectivity index (χ0n) is 15.8. The van der Waals surface area contributed by atoms with Crippen molar-refractivity contribution in [3.63, 3.8) is 0 Å². The number of amides is 2. The molecule has 1 heterocycles. The zero-order valence-corrected chi connectivity index (χ0v) is 15.8. The van der Waals surface area contributed by atoms with Crippen LogP contribution in [0.2, 0.25) is 0 Å². The lowest BCUT2D eigenvalue weighted by Gasteiger charge is -2.37. The van der Waals surface area contributed by atoms with Crippen LogP contribution in [0.4, 0.5) is 5.69 Å². The Balaban J connectivity index is 1.19. The van der Waals surface area contributed by atoms with Gasteiger partial charge in [-0.2, -0.15) is 0 Å². The van der Waals surface area contributed by atoms with E-state index < -0.39 is 29.8 Å². The summed E-state index contributed by atoms with van der Waals surface area (Å²) < 4.78 is 4.96. The molecule has 9 heteroatoms. The molecule has 9 nitrogen and oxygen atoms in total. The minimum atomic E-state index is -0.837. The van der Waals surface area contributed by atoms with Crippen molar-refractivity contribution in [3.05, 3.63) is 52.1 Å². The van der Waals surface area contributed by atoms with E-state index in [1.807, 2.05) is 0 Å². The van der Waals surface area contributed by atoms with Crippen molar-refractivity contribution >= 4 is 29.3 Å². The highest BCUT2D eigenvalue weighted by Gasteiger charge is 2.67. The van der Waals surface area contributed by atoms with Gasteiger partial charge in [0.25, 0.3) is 5.69 Å². The van der Waals surface area contributed by atoms with Crippen molar-refractivity contribution in [2.75, 3.05) is 13.2 Å². The smallest absolute Gasteiger partial charge is 0.326 e. The first-order chi connectivity index (χ1) is 14.4. The predicted octanol–water partition coefficient (Wildman–Crippen LogP) is 1.37. The van der Waals surface area contributed by atoms with E-state index in [9.17, 15) is 29.3 Å². The van der Waals surface area contributed by atoms with E-state index in [4.69, 9.17) is 4.74 Å². The predicted molar refractivity (Wildman–Crippen MR) is 99.8 cm³/mol. The summed E-state index contributed by atoms with van der Waals surface area (Å²) in [6, 6.07) is 4.93. The lowest BCUT2D eigenvalue weighted by molar-refractivity contribution is -0.384. The maximum Gasteiger partial charge on any atom is 0.326 e. The summed E-state index contributed by atoms with van der Waals surface area (Å²) in [5.41, 5.74) is 0.00628. The number of hydrogen-bond donors (Lipinski definition) is 0. The van der Waals surface area contributed by atoms with Crippen LogP contribution in [0.15, 0.2) is 36.4 Å². The number of carbonyl (C=O) groups is 4. The van der Waals surface area contributed by atoms with Crippen LogP contribution < -0.4 is 0 Å². The summed E-state index contributed by atoms with van der Waals surface area (Å²) in [6.07, 6.45) is 5.16. The molecule has 0 radical (unpaired) electrons. The van der Waals surface area contributed by atoms with Gasteiger partial charge in [-0.1, -0.05) is 12.2 Å². The van der Waals surface area contributed by atoms with Crippen molar-refractivity contribution in [2.24, 2.45) is 35.5 Å². The Hall–Kier alpha value is -3.36. The standard InChI is InChI=1S/C21H18N2O7/c24-16(10-1-3-11(4-2-10)23(28)29)9-30-17(25)8-22-20(26)18-12-5-6-13(15-7-14(12)15)19(18)21(22)27/h1-6,12-15,18-19H,7-9H2. The Labute approximate surface area is 170 Å². The van der Waals surface area contributed by atoms with Crippen LogP contribution in [0, 0.1) is 45.6 Å². The van der Waals surface area contributed by atoms with Crippen molar-refractivity contribution < 1.29 is 28.8 Å². The summed E-state index contributed by atoms with van der Waals surface area (Å²) in [5.74, 6) is -1.69. The van der Waals surface area contributed by atoms with Gasteiger partial charge in [-0.15, -0.1) is 0 Å². The normalized spacial score (nSPS) is 32.6. The minimum Gasteiger partial charge on any atom is -0.456 e. The molecule has 30 heavy (non-hydrogen) atoms. The van der Waals surface area contributed by atoms with E-state index in [0.717, 1.165) is 11.3 Å². The Bertz CT molecular complexity index is 979. The first kappa shape index (κ1) is 18.7. The van der Waals surface area contributed by atoms with Gasteiger partial charge in [0.15, 0.2) is 12.4 Å². The van der Waals surface area contributed by atoms with E-state index in [0.29, 0.717) is 11.8 Å². The number of hydrogen-bond acceptors (Lipinski definition) is 7. The van der Waals surface area contributed by atoms with Crippen molar-refractivity contribution in [1.29, 1.82) is 0 Å². The number of Topliss-reactive ketones (excluding diaryl/α,β-unsaturated/α-hetero) is 1. The molecule has 4 aliphatic carbocycles. The van der Waals surface area contributed by atoms with Crippen molar-refractivity contribution in [3.8, 4) is 0 Å². The first-order valence-corrected chi connectivity index (χ1v) is 9.83. The van der Waals surface area contributed by atoms with Crippen LogP contribution in [0.3, 0.4) is 0 Å². The molecule has 6 atom stereocenters. The molecular formula is C21H18N2O7. The molecule has 154 valence electrons. The van der Waals surface area contributed by atoms with Gasteiger partial charge in [0, 0.05) is 17.7 Å². The van der Waals surface area contributed by atoms with Crippen LogP contribution in [0.5, 0.6) is 0 Å². The van der Waals surface area contributed by atoms with Crippen LogP contribution >= 0.6 is 0 Å². The molecule has 5 aliphatic rings. The first-order valence-electron chi connectivity index (χ1n) is 9.83. The highest BCUT2D eigenvalue weighted by atomic mass is 16.6. The van der Waals surface area contributed by atoms with Gasteiger partial charge >= 0.3 is 5.97 Å².